The molecule has 2 atom stereocenters. The molecule has 1 nitrogen and oxygen atoms in total. The molecule has 1 aliphatic rings. The Hall–Kier alpha value is 0.552. The van der Waals surface area contributed by atoms with Crippen LogP contribution in [0, 0.1) is 5.92 Å². The molecule has 0 aliphatic carbocycles. The van der Waals surface area contributed by atoms with Gasteiger partial charge in [-0.05, 0) is 38.7 Å². The molecule has 130 valence electrons. The Balaban J connectivity index is 0.00000264. The number of allylic oxidation sites excluding steroid dienone is 2. The fourth-order valence-electron chi connectivity index (χ4n) is 3.33. The van der Waals surface area contributed by atoms with Gasteiger partial charge in [0.25, 0.3) is 0 Å². The third-order valence-corrected chi connectivity index (χ3v) is 9.44. The average molecular weight is 596 g/mol. The molecule has 1 fully saturated rings. The topological polar surface area (TPSA) is 9.23 Å². The molecule has 0 saturated carbocycles. The maximum absolute atomic E-state index is 6.17. The maximum atomic E-state index is 6.17. The Kier molecular flexibility index (Phi) is 11.6. The van der Waals surface area contributed by atoms with Crippen molar-refractivity contribution < 1.29 is 49.4 Å². The van der Waals surface area contributed by atoms with Gasteiger partial charge in [-0.1, -0.05) is 67.2 Å². The van der Waals surface area contributed by atoms with Crippen molar-refractivity contribution in [1.29, 1.82) is 0 Å². The molecule has 24 heavy (non-hydrogen) atoms. The summed E-state index contributed by atoms with van der Waals surface area (Å²) >= 11 is 0. The second-order valence-corrected chi connectivity index (χ2v) is 12.3. The summed E-state index contributed by atoms with van der Waals surface area (Å²) in [5.41, 5.74) is 2.15. The van der Waals surface area contributed by atoms with E-state index in [4.69, 9.17) is 4.74 Å². The van der Waals surface area contributed by atoms with E-state index in [-0.39, 0.29) is 44.7 Å². The zero-order valence-corrected chi connectivity index (χ0v) is 24.0. The van der Waals surface area contributed by atoms with E-state index in [0.717, 1.165) is 25.0 Å². The summed E-state index contributed by atoms with van der Waals surface area (Å²) < 4.78 is 6.17. The molecule has 1 aliphatic heterocycles. The molecule has 2 rings (SSSR count). The van der Waals surface area contributed by atoms with Gasteiger partial charge in [-0.15, -0.1) is 0 Å². The van der Waals surface area contributed by atoms with Crippen molar-refractivity contribution >= 4 is 13.3 Å². The summed E-state index contributed by atoms with van der Waals surface area (Å²) in [5, 5.41) is 1.56. The molecule has 4 heteroatoms. The third-order valence-electron chi connectivity index (χ3n) is 5.18. The SMILES string of the molecule is C[C](CCC=C(C)C)[C@@H]1C[C@H]([Si](C)(C)c2ccccc2)CO1.[Br-].[Hg+]. The number of rotatable bonds is 6. The van der Waals surface area contributed by atoms with E-state index < -0.39 is 8.07 Å². The summed E-state index contributed by atoms with van der Waals surface area (Å²) in [6.07, 6.45) is 6.24. The summed E-state index contributed by atoms with van der Waals surface area (Å²) in [7, 11) is -1.43. The van der Waals surface area contributed by atoms with Crippen LogP contribution in [0.15, 0.2) is 42.0 Å². The quantitative estimate of drug-likeness (QED) is 0.362. The predicted molar refractivity (Wildman–Crippen MR) is 99.2 cm³/mol. The predicted octanol–water partition coefficient (Wildman–Crippen LogP) is 2.10. The molecule has 1 saturated heterocycles. The van der Waals surface area contributed by atoms with E-state index in [1.165, 1.54) is 17.9 Å². The van der Waals surface area contributed by atoms with Crippen molar-refractivity contribution in [3.63, 3.8) is 0 Å². The minimum atomic E-state index is -1.43. The number of hydrogen-bond donors (Lipinski definition) is 0. The number of halogens is 1. The first-order chi connectivity index (χ1) is 10.4. The third kappa shape index (κ3) is 6.70. The monoisotopic (exact) mass is 596 g/mol. The van der Waals surface area contributed by atoms with Gasteiger partial charge in [0.05, 0.1) is 14.2 Å². The van der Waals surface area contributed by atoms with Crippen molar-refractivity contribution in [2.75, 3.05) is 6.61 Å². The summed E-state index contributed by atoms with van der Waals surface area (Å²) in [4.78, 5) is 0. The van der Waals surface area contributed by atoms with Crippen molar-refractivity contribution in [2.45, 2.75) is 64.8 Å². The molecule has 0 bridgehead atoms. The van der Waals surface area contributed by atoms with Crippen LogP contribution in [0.3, 0.4) is 0 Å². The molecular weight excluding hydrogens is 565 g/mol. The van der Waals surface area contributed by atoms with Gasteiger partial charge >= 0.3 is 27.7 Å². The van der Waals surface area contributed by atoms with Crippen LogP contribution in [0.4, 0.5) is 0 Å². The zero-order valence-electron chi connectivity index (χ0n) is 15.9. The van der Waals surface area contributed by atoms with Crippen molar-refractivity contribution in [1.82, 2.24) is 0 Å². The smallest absolute Gasteiger partial charge is 1.00 e. The van der Waals surface area contributed by atoms with Crippen LogP contribution in [0.2, 0.25) is 18.6 Å². The summed E-state index contributed by atoms with van der Waals surface area (Å²) in [6.45, 7) is 12.6. The van der Waals surface area contributed by atoms with E-state index in [1.807, 2.05) is 0 Å². The molecule has 1 aromatic carbocycles. The fraction of sp³-hybridized carbons (Fsp3) is 0.550. The first kappa shape index (κ1) is 24.6. The van der Waals surface area contributed by atoms with Gasteiger partial charge in [0.2, 0.25) is 0 Å². The first-order valence-electron chi connectivity index (χ1n) is 8.54. The van der Waals surface area contributed by atoms with Crippen LogP contribution >= 0.6 is 0 Å². The van der Waals surface area contributed by atoms with Crippen LogP contribution in [0.1, 0.15) is 40.0 Å². The molecule has 0 aromatic heterocycles. The first-order valence-corrected chi connectivity index (χ1v) is 11.6. The normalized spacial score (nSPS) is 20.2. The van der Waals surface area contributed by atoms with E-state index in [2.05, 4.69) is 70.3 Å². The van der Waals surface area contributed by atoms with Gasteiger partial charge in [0.1, 0.15) is 0 Å². The Labute approximate surface area is 180 Å². The van der Waals surface area contributed by atoms with Gasteiger partial charge in [-0.3, -0.25) is 0 Å². The Morgan fingerprint density at radius 2 is 1.79 bits per heavy atom. The largest absolute Gasteiger partial charge is 1.00 e. The van der Waals surface area contributed by atoms with Gasteiger partial charge in [-0.25, -0.2) is 0 Å². The van der Waals surface area contributed by atoms with E-state index in [0.29, 0.717) is 6.10 Å². The standard InChI is InChI=1S/C20H31OSi.BrH.Hg/c1-16(2)10-9-11-17(3)20-14-19(15-21-20)22(4,5)18-12-7-6-8-13-18;;/h6-8,10,12-13,19-20H,9,11,14-15H2,1-5H3;1H;/q;;+1/p-1/t19-,20-;;/m0../s1. The number of benzene rings is 1. The van der Waals surface area contributed by atoms with Crippen molar-refractivity contribution in [3.8, 4) is 0 Å². The Bertz CT molecular complexity index is 500. The van der Waals surface area contributed by atoms with Crippen molar-refractivity contribution in [2.24, 2.45) is 0 Å². The zero-order chi connectivity index (χ0) is 16.2. The summed E-state index contributed by atoms with van der Waals surface area (Å²) in [5.74, 6) is 1.53. The second kappa shape index (κ2) is 11.3. The molecular formula is C20H31BrHgOSi. The van der Waals surface area contributed by atoms with Crippen molar-refractivity contribution in [3.05, 3.63) is 47.9 Å². The molecule has 2 radical (unpaired) electrons. The Morgan fingerprint density at radius 3 is 2.38 bits per heavy atom. The van der Waals surface area contributed by atoms with Gasteiger partial charge in [-0.2, -0.15) is 0 Å². The maximum Gasteiger partial charge on any atom is 1.00 e. The van der Waals surface area contributed by atoms with E-state index in [1.54, 1.807) is 5.19 Å². The molecule has 0 amide bonds. The van der Waals surface area contributed by atoms with Crippen LogP contribution < -0.4 is 22.2 Å². The second-order valence-electron chi connectivity index (χ2n) is 7.51. The fourth-order valence-corrected chi connectivity index (χ4v) is 6.17. The molecule has 0 unspecified atom stereocenters. The minimum absolute atomic E-state index is 0. The number of ether oxygens (including phenoxy) is 1. The van der Waals surface area contributed by atoms with Crippen LogP contribution in [-0.4, -0.2) is 20.8 Å². The molecule has 0 spiro atoms. The number of hydrogen-bond acceptors (Lipinski definition) is 1. The molecule has 0 N–H and O–H groups in total. The molecule has 1 aromatic rings. The van der Waals surface area contributed by atoms with Gasteiger partial charge < -0.3 is 21.7 Å². The van der Waals surface area contributed by atoms with E-state index in [9.17, 15) is 0 Å². The Morgan fingerprint density at radius 1 is 1.17 bits per heavy atom. The van der Waals surface area contributed by atoms with E-state index >= 15 is 0 Å². The van der Waals surface area contributed by atoms with Gasteiger partial charge in [0.15, 0.2) is 0 Å². The average Bonchev–Trinajstić information content (AvgIpc) is 2.98. The minimum Gasteiger partial charge on any atom is -1.00 e. The summed E-state index contributed by atoms with van der Waals surface area (Å²) in [6, 6.07) is 11.1. The van der Waals surface area contributed by atoms with Crippen LogP contribution in [-0.2, 0) is 32.4 Å². The van der Waals surface area contributed by atoms with Crippen LogP contribution in [0.5, 0.6) is 0 Å². The van der Waals surface area contributed by atoms with Gasteiger partial charge in [0, 0.05) is 12.5 Å². The molecule has 1 heterocycles. The van der Waals surface area contributed by atoms with Crippen LogP contribution in [0.25, 0.3) is 0 Å².